The minimum Gasteiger partial charge on any atom is -0.305 e. The Labute approximate surface area is 102 Å². The molecule has 0 aliphatic heterocycles. The van der Waals surface area contributed by atoms with Crippen molar-refractivity contribution in [2.75, 3.05) is 0 Å². The second kappa shape index (κ2) is 3.83. The molecule has 0 radical (unpaired) electrons. The molecule has 1 aromatic heterocycles. The van der Waals surface area contributed by atoms with Crippen LogP contribution < -0.4 is 5.56 Å². The third-order valence-corrected chi connectivity index (χ3v) is 2.60. The predicted octanol–water partition coefficient (Wildman–Crippen LogP) is 2.94. The first kappa shape index (κ1) is 12.1. The van der Waals surface area contributed by atoms with Gasteiger partial charge in [0.15, 0.2) is 11.6 Å². The zero-order valence-electron chi connectivity index (χ0n) is 8.52. The van der Waals surface area contributed by atoms with Gasteiger partial charge in [0, 0.05) is 11.4 Å². The molecule has 1 heterocycles. The lowest BCUT2D eigenvalue weighted by Gasteiger charge is -2.10. The van der Waals surface area contributed by atoms with E-state index < -0.39 is 23.1 Å². The van der Waals surface area contributed by atoms with E-state index in [1.54, 1.807) is 0 Å². The number of hydrogen-bond acceptors (Lipinski definition) is 2. The van der Waals surface area contributed by atoms with Crippen molar-refractivity contribution in [3.05, 3.63) is 38.6 Å². The molecule has 0 saturated heterocycles. The summed E-state index contributed by atoms with van der Waals surface area (Å²) in [7, 11) is 0. The Morgan fingerprint density at radius 1 is 1.41 bits per heavy atom. The summed E-state index contributed by atoms with van der Waals surface area (Å²) in [5.41, 5.74) is -1.17. The van der Waals surface area contributed by atoms with E-state index in [0.717, 1.165) is 6.07 Å². The minimum atomic E-state index is -3.33. The van der Waals surface area contributed by atoms with Crippen molar-refractivity contribution in [3.63, 3.8) is 0 Å². The van der Waals surface area contributed by atoms with Crippen molar-refractivity contribution in [2.24, 2.45) is 0 Å². The van der Waals surface area contributed by atoms with Crippen LogP contribution in [0.5, 0.6) is 0 Å². The Hall–Kier alpha value is -1.37. The molecule has 90 valence electrons. The fourth-order valence-corrected chi connectivity index (χ4v) is 1.81. The highest BCUT2D eigenvalue weighted by Gasteiger charge is 2.28. The summed E-state index contributed by atoms with van der Waals surface area (Å²) in [6, 6.07) is 2.38. The highest BCUT2D eigenvalue weighted by molar-refractivity contribution is 9.10. The summed E-state index contributed by atoms with van der Waals surface area (Å²) in [5, 5.41) is -0.0788. The normalized spacial score (nSPS) is 12.1. The molecule has 1 N–H and O–H groups in total. The van der Waals surface area contributed by atoms with E-state index in [4.69, 9.17) is 0 Å². The van der Waals surface area contributed by atoms with Crippen LogP contribution in [0, 0.1) is 5.82 Å². The van der Waals surface area contributed by atoms with Crippen LogP contribution in [0.25, 0.3) is 10.9 Å². The van der Waals surface area contributed by atoms with Crippen molar-refractivity contribution in [1.82, 2.24) is 9.97 Å². The first-order valence-electron chi connectivity index (χ1n) is 4.56. The number of halogens is 4. The quantitative estimate of drug-likeness (QED) is 0.880. The average molecular weight is 307 g/mol. The first-order valence-corrected chi connectivity index (χ1v) is 5.35. The Morgan fingerprint density at radius 2 is 2.06 bits per heavy atom. The van der Waals surface area contributed by atoms with E-state index in [1.807, 2.05) is 4.98 Å². The smallest absolute Gasteiger partial charge is 0.302 e. The molecule has 0 amide bonds. The van der Waals surface area contributed by atoms with Crippen molar-refractivity contribution in [3.8, 4) is 0 Å². The highest BCUT2D eigenvalue weighted by atomic mass is 79.9. The van der Waals surface area contributed by atoms with Crippen molar-refractivity contribution in [2.45, 2.75) is 12.8 Å². The Bertz CT molecular complexity index is 648. The molecule has 17 heavy (non-hydrogen) atoms. The van der Waals surface area contributed by atoms with Crippen LogP contribution in [0.1, 0.15) is 12.7 Å². The number of benzene rings is 1. The molecule has 2 aromatic rings. The van der Waals surface area contributed by atoms with E-state index in [1.165, 1.54) is 6.07 Å². The lowest BCUT2D eigenvalue weighted by molar-refractivity contribution is 0.00781. The molecule has 3 nitrogen and oxygen atoms in total. The van der Waals surface area contributed by atoms with Crippen LogP contribution in [-0.2, 0) is 5.92 Å². The maximum absolute atomic E-state index is 13.5. The molecular formula is C10H6BrF3N2O. The topological polar surface area (TPSA) is 45.8 Å². The van der Waals surface area contributed by atoms with Gasteiger partial charge < -0.3 is 4.98 Å². The van der Waals surface area contributed by atoms with Gasteiger partial charge in [0.25, 0.3) is 5.56 Å². The lowest BCUT2D eigenvalue weighted by Crippen LogP contribution is -2.20. The van der Waals surface area contributed by atoms with Gasteiger partial charge in [0.1, 0.15) is 5.52 Å². The average Bonchev–Trinajstić information content (AvgIpc) is 2.17. The summed E-state index contributed by atoms with van der Waals surface area (Å²) in [6.45, 7) is 0.577. The van der Waals surface area contributed by atoms with Crippen molar-refractivity contribution >= 4 is 26.8 Å². The number of hydrogen-bond donors (Lipinski definition) is 1. The third kappa shape index (κ3) is 2.19. The molecule has 0 spiro atoms. The number of fused-ring (bicyclic) bond motifs is 1. The molecule has 0 atom stereocenters. The van der Waals surface area contributed by atoms with Gasteiger partial charge in [0.2, 0.25) is 0 Å². The van der Waals surface area contributed by atoms with Crippen LogP contribution in [0.3, 0.4) is 0 Å². The monoisotopic (exact) mass is 306 g/mol. The maximum atomic E-state index is 13.5. The van der Waals surface area contributed by atoms with Gasteiger partial charge in [-0.3, -0.25) is 4.79 Å². The molecule has 0 aliphatic rings. The summed E-state index contributed by atoms with van der Waals surface area (Å²) >= 11 is 3.01. The molecule has 0 fully saturated rings. The van der Waals surface area contributed by atoms with Gasteiger partial charge in [-0.15, -0.1) is 0 Å². The number of H-pyrrole nitrogens is 1. The Balaban J connectivity index is 2.88. The maximum Gasteiger partial charge on any atom is 0.302 e. The van der Waals surface area contributed by atoms with E-state index in [2.05, 4.69) is 20.9 Å². The summed E-state index contributed by atoms with van der Waals surface area (Å²) in [4.78, 5) is 16.9. The second-order valence-corrected chi connectivity index (χ2v) is 4.50. The van der Waals surface area contributed by atoms with Crippen LogP contribution in [-0.4, -0.2) is 9.97 Å². The van der Waals surface area contributed by atoms with Gasteiger partial charge in [-0.1, -0.05) is 15.9 Å². The molecule has 0 unspecified atom stereocenters. The molecule has 0 saturated carbocycles. The standard InChI is InChI=1S/C10H6BrF3N2O/c1-10(13,14)9-15-7-5(8(17)16-9)2-4(11)3-6(7)12/h2-3H,1H3,(H,15,16,17). The molecule has 0 aliphatic carbocycles. The van der Waals surface area contributed by atoms with Crippen LogP contribution in [0.4, 0.5) is 13.2 Å². The molecule has 1 aromatic carbocycles. The molecule has 2 rings (SSSR count). The third-order valence-electron chi connectivity index (χ3n) is 2.14. The number of aromatic amines is 1. The number of aromatic nitrogens is 2. The van der Waals surface area contributed by atoms with Gasteiger partial charge in [-0.2, -0.15) is 8.78 Å². The number of nitrogens with one attached hydrogen (secondary N) is 1. The first-order chi connectivity index (χ1) is 7.79. The molecule has 0 bridgehead atoms. The van der Waals surface area contributed by atoms with Gasteiger partial charge >= 0.3 is 5.92 Å². The summed E-state index contributed by atoms with van der Waals surface area (Å²) in [6.07, 6.45) is 0. The molecular weight excluding hydrogens is 301 g/mol. The lowest BCUT2D eigenvalue weighted by atomic mass is 10.2. The Morgan fingerprint density at radius 3 is 2.65 bits per heavy atom. The predicted molar refractivity (Wildman–Crippen MR) is 59.6 cm³/mol. The number of alkyl halides is 2. The fraction of sp³-hybridized carbons (Fsp3) is 0.200. The summed E-state index contributed by atoms with van der Waals surface area (Å²) < 4.78 is 39.9. The number of nitrogens with zero attached hydrogens (tertiary/aromatic N) is 1. The second-order valence-electron chi connectivity index (χ2n) is 3.59. The van der Waals surface area contributed by atoms with Crippen molar-refractivity contribution < 1.29 is 13.2 Å². The zero-order chi connectivity index (χ0) is 12.8. The van der Waals surface area contributed by atoms with E-state index >= 15 is 0 Å². The van der Waals surface area contributed by atoms with Gasteiger partial charge in [0.05, 0.1) is 5.39 Å². The van der Waals surface area contributed by atoms with Crippen molar-refractivity contribution in [1.29, 1.82) is 0 Å². The van der Waals surface area contributed by atoms with Gasteiger partial charge in [-0.05, 0) is 12.1 Å². The van der Waals surface area contributed by atoms with Crippen LogP contribution in [0.15, 0.2) is 21.4 Å². The van der Waals surface area contributed by atoms with Gasteiger partial charge in [-0.25, -0.2) is 9.37 Å². The number of rotatable bonds is 1. The van der Waals surface area contributed by atoms with E-state index in [9.17, 15) is 18.0 Å². The zero-order valence-corrected chi connectivity index (χ0v) is 10.1. The van der Waals surface area contributed by atoms with Crippen LogP contribution in [0.2, 0.25) is 0 Å². The van der Waals surface area contributed by atoms with Crippen LogP contribution >= 0.6 is 15.9 Å². The van der Waals surface area contributed by atoms with E-state index in [0.29, 0.717) is 11.4 Å². The Kier molecular flexibility index (Phi) is 2.73. The largest absolute Gasteiger partial charge is 0.305 e. The molecule has 7 heteroatoms. The SMILES string of the molecule is CC(F)(F)c1nc2c(F)cc(Br)cc2c(=O)[nH]1. The minimum absolute atomic E-state index is 0.0788. The van der Waals surface area contributed by atoms with E-state index in [-0.39, 0.29) is 10.9 Å². The fourth-order valence-electron chi connectivity index (χ4n) is 1.38. The summed E-state index contributed by atoms with van der Waals surface area (Å²) in [5.74, 6) is -5.01. The highest BCUT2D eigenvalue weighted by Crippen LogP contribution is 2.25.